The minimum Gasteiger partial charge on any atom is -0.355 e. The predicted molar refractivity (Wildman–Crippen MR) is 85.4 cm³/mol. The minimum atomic E-state index is -0.538. The van der Waals surface area contributed by atoms with E-state index in [0.29, 0.717) is 12.4 Å². The highest BCUT2D eigenvalue weighted by atomic mass is 16.1. The summed E-state index contributed by atoms with van der Waals surface area (Å²) in [6.45, 7) is 6.25. The molecule has 5 heteroatoms. The van der Waals surface area contributed by atoms with Crippen molar-refractivity contribution in [2.24, 2.45) is 5.73 Å². The Labute approximate surface area is 124 Å². The lowest BCUT2D eigenvalue weighted by Gasteiger charge is -2.30. The number of benzene rings is 1. The Hall–Kier alpha value is -2.14. The van der Waals surface area contributed by atoms with Crippen LogP contribution in [0.25, 0.3) is 0 Å². The molecule has 21 heavy (non-hydrogen) atoms. The Bertz CT molecular complexity index is 651. The van der Waals surface area contributed by atoms with Gasteiger partial charge in [-0.15, -0.1) is 0 Å². The van der Waals surface area contributed by atoms with E-state index in [-0.39, 0.29) is 11.6 Å². The van der Waals surface area contributed by atoms with Gasteiger partial charge in [0.1, 0.15) is 0 Å². The number of nitrogens with one attached hydrogen (secondary N) is 1. The third kappa shape index (κ3) is 3.13. The maximum absolute atomic E-state index is 12.4. The fourth-order valence-electron chi connectivity index (χ4n) is 2.23. The minimum absolute atomic E-state index is 0.0851. The summed E-state index contributed by atoms with van der Waals surface area (Å²) in [5.41, 5.74) is 6.28. The molecule has 0 radical (unpaired) electrons. The van der Waals surface area contributed by atoms with Crippen molar-refractivity contribution in [1.29, 1.82) is 0 Å². The van der Waals surface area contributed by atoms with Crippen LogP contribution >= 0.6 is 0 Å². The molecule has 0 aliphatic carbocycles. The zero-order valence-electron chi connectivity index (χ0n) is 12.7. The highest BCUT2D eigenvalue weighted by molar-refractivity contribution is 5.40. The molecule has 1 heterocycles. The second kappa shape index (κ2) is 6.10. The van der Waals surface area contributed by atoms with Crippen molar-refractivity contribution in [3.63, 3.8) is 0 Å². The SMILES string of the molecule is CC(C)n1ccnc(NC(C)(CN)c2ccccc2)c1=O. The van der Waals surface area contributed by atoms with Gasteiger partial charge in [0.05, 0.1) is 5.54 Å². The van der Waals surface area contributed by atoms with E-state index in [9.17, 15) is 4.79 Å². The molecule has 1 aromatic carbocycles. The van der Waals surface area contributed by atoms with Crippen molar-refractivity contribution >= 4 is 5.82 Å². The molecule has 0 saturated carbocycles. The van der Waals surface area contributed by atoms with Gasteiger partial charge in [0, 0.05) is 25.0 Å². The summed E-state index contributed by atoms with van der Waals surface area (Å²) < 4.78 is 1.65. The average Bonchev–Trinajstić information content (AvgIpc) is 2.50. The monoisotopic (exact) mass is 286 g/mol. The van der Waals surface area contributed by atoms with Crippen LogP contribution in [-0.2, 0) is 5.54 Å². The lowest BCUT2D eigenvalue weighted by atomic mass is 9.92. The summed E-state index contributed by atoms with van der Waals surface area (Å²) in [7, 11) is 0. The normalized spacial score (nSPS) is 14.0. The van der Waals surface area contributed by atoms with Crippen LogP contribution in [0.15, 0.2) is 47.5 Å². The molecule has 0 amide bonds. The summed E-state index contributed by atoms with van der Waals surface area (Å²) in [6, 6.07) is 9.92. The van der Waals surface area contributed by atoms with Gasteiger partial charge >= 0.3 is 0 Å². The van der Waals surface area contributed by atoms with E-state index in [1.54, 1.807) is 17.0 Å². The van der Waals surface area contributed by atoms with Gasteiger partial charge in [0.15, 0.2) is 5.82 Å². The van der Waals surface area contributed by atoms with Gasteiger partial charge in [0.25, 0.3) is 5.56 Å². The molecule has 0 saturated heterocycles. The van der Waals surface area contributed by atoms with E-state index in [0.717, 1.165) is 5.56 Å². The topological polar surface area (TPSA) is 72.9 Å². The first-order valence-corrected chi connectivity index (χ1v) is 7.09. The van der Waals surface area contributed by atoms with Crippen molar-refractivity contribution in [1.82, 2.24) is 9.55 Å². The van der Waals surface area contributed by atoms with Crippen LogP contribution in [0.4, 0.5) is 5.82 Å². The first kappa shape index (κ1) is 15.3. The van der Waals surface area contributed by atoms with Crippen molar-refractivity contribution in [3.8, 4) is 0 Å². The van der Waals surface area contributed by atoms with Gasteiger partial charge in [-0.1, -0.05) is 30.3 Å². The van der Waals surface area contributed by atoms with Crippen molar-refractivity contribution in [2.75, 3.05) is 11.9 Å². The molecule has 2 rings (SSSR count). The molecule has 5 nitrogen and oxygen atoms in total. The largest absolute Gasteiger partial charge is 0.355 e. The van der Waals surface area contributed by atoms with Crippen LogP contribution in [0.2, 0.25) is 0 Å². The molecule has 1 unspecified atom stereocenters. The smallest absolute Gasteiger partial charge is 0.293 e. The summed E-state index contributed by atoms with van der Waals surface area (Å²) in [6.07, 6.45) is 3.33. The first-order chi connectivity index (χ1) is 9.98. The third-order valence-electron chi connectivity index (χ3n) is 3.64. The summed E-state index contributed by atoms with van der Waals surface area (Å²) in [5.74, 6) is 0.322. The number of anilines is 1. The van der Waals surface area contributed by atoms with Crippen LogP contribution in [0.5, 0.6) is 0 Å². The molecule has 0 aliphatic rings. The summed E-state index contributed by atoms with van der Waals surface area (Å²) in [5, 5.41) is 3.22. The molecule has 2 aromatic rings. The molecule has 0 spiro atoms. The van der Waals surface area contributed by atoms with Crippen LogP contribution < -0.4 is 16.6 Å². The molecule has 3 N–H and O–H groups in total. The van der Waals surface area contributed by atoms with E-state index in [1.807, 2.05) is 51.1 Å². The fraction of sp³-hybridized carbons (Fsp3) is 0.375. The number of rotatable bonds is 5. The second-order valence-electron chi connectivity index (χ2n) is 5.61. The van der Waals surface area contributed by atoms with E-state index >= 15 is 0 Å². The Kier molecular flexibility index (Phi) is 4.43. The Morgan fingerprint density at radius 3 is 2.57 bits per heavy atom. The Morgan fingerprint density at radius 2 is 2.00 bits per heavy atom. The van der Waals surface area contributed by atoms with Crippen molar-refractivity contribution < 1.29 is 0 Å². The van der Waals surface area contributed by atoms with Crippen LogP contribution in [-0.4, -0.2) is 16.1 Å². The van der Waals surface area contributed by atoms with Crippen molar-refractivity contribution in [2.45, 2.75) is 32.4 Å². The lowest BCUT2D eigenvalue weighted by molar-refractivity contribution is 0.540. The van der Waals surface area contributed by atoms with E-state index < -0.39 is 5.54 Å². The van der Waals surface area contributed by atoms with Gasteiger partial charge in [-0.05, 0) is 26.3 Å². The van der Waals surface area contributed by atoms with Gasteiger partial charge in [-0.3, -0.25) is 4.79 Å². The van der Waals surface area contributed by atoms with E-state index in [4.69, 9.17) is 5.73 Å². The fourth-order valence-corrected chi connectivity index (χ4v) is 2.23. The van der Waals surface area contributed by atoms with Gasteiger partial charge in [-0.25, -0.2) is 4.98 Å². The predicted octanol–water partition coefficient (Wildman–Crippen LogP) is 2.11. The zero-order valence-corrected chi connectivity index (χ0v) is 12.7. The third-order valence-corrected chi connectivity index (χ3v) is 3.64. The second-order valence-corrected chi connectivity index (χ2v) is 5.61. The number of nitrogens with two attached hydrogens (primary N) is 1. The Morgan fingerprint density at radius 1 is 1.33 bits per heavy atom. The van der Waals surface area contributed by atoms with Gasteiger partial charge in [-0.2, -0.15) is 0 Å². The van der Waals surface area contributed by atoms with Crippen LogP contribution in [0, 0.1) is 0 Å². The molecule has 0 bridgehead atoms. The molecule has 0 fully saturated rings. The highest BCUT2D eigenvalue weighted by Crippen LogP contribution is 2.22. The molecule has 112 valence electrons. The highest BCUT2D eigenvalue weighted by Gasteiger charge is 2.26. The Balaban J connectivity index is 2.40. The number of aromatic nitrogens is 2. The zero-order chi connectivity index (χ0) is 15.5. The van der Waals surface area contributed by atoms with E-state index in [2.05, 4.69) is 10.3 Å². The number of hydrogen-bond donors (Lipinski definition) is 2. The molecular weight excluding hydrogens is 264 g/mol. The number of hydrogen-bond acceptors (Lipinski definition) is 4. The van der Waals surface area contributed by atoms with Gasteiger partial charge < -0.3 is 15.6 Å². The molecule has 0 aliphatic heterocycles. The number of nitrogens with zero attached hydrogens (tertiary/aromatic N) is 2. The molecule has 1 aromatic heterocycles. The molecular formula is C16H22N4O. The summed E-state index contributed by atoms with van der Waals surface area (Å²) in [4.78, 5) is 16.6. The average molecular weight is 286 g/mol. The standard InChI is InChI=1S/C16H22N4O/c1-12(2)20-10-9-18-14(15(20)21)19-16(3,11-17)13-7-5-4-6-8-13/h4-10,12H,11,17H2,1-3H3,(H,18,19). The quantitative estimate of drug-likeness (QED) is 0.883. The maximum Gasteiger partial charge on any atom is 0.293 e. The van der Waals surface area contributed by atoms with Crippen molar-refractivity contribution in [3.05, 3.63) is 58.6 Å². The first-order valence-electron chi connectivity index (χ1n) is 7.09. The molecule has 1 atom stereocenters. The van der Waals surface area contributed by atoms with Gasteiger partial charge in [0.2, 0.25) is 0 Å². The van der Waals surface area contributed by atoms with Crippen LogP contribution in [0.1, 0.15) is 32.4 Å². The summed E-state index contributed by atoms with van der Waals surface area (Å²) >= 11 is 0. The lowest BCUT2D eigenvalue weighted by Crippen LogP contribution is -2.42. The van der Waals surface area contributed by atoms with E-state index in [1.165, 1.54) is 0 Å². The maximum atomic E-state index is 12.4. The van der Waals surface area contributed by atoms with Crippen LogP contribution in [0.3, 0.4) is 0 Å².